The molecule has 18 heavy (non-hydrogen) atoms. The lowest BCUT2D eigenvalue weighted by molar-refractivity contribution is -0.123. The highest BCUT2D eigenvalue weighted by Crippen LogP contribution is 2.22. The number of aliphatic hydroxyl groups excluding tert-OH is 1. The summed E-state index contributed by atoms with van der Waals surface area (Å²) >= 11 is 5.86. The monoisotopic (exact) mass is 268 g/mol. The van der Waals surface area contributed by atoms with Crippen LogP contribution in [-0.4, -0.2) is 36.2 Å². The zero-order chi connectivity index (χ0) is 13.1. The number of nitrogens with one attached hydrogen (secondary N) is 1. The highest BCUT2D eigenvalue weighted by Gasteiger charge is 2.29. The molecule has 1 saturated heterocycles. The molecule has 2 atom stereocenters. The van der Waals surface area contributed by atoms with E-state index in [1.165, 1.54) is 0 Å². The summed E-state index contributed by atoms with van der Waals surface area (Å²) in [5.74, 6) is -0.127. The normalized spacial score (nSPS) is 24.6. The van der Waals surface area contributed by atoms with Crippen molar-refractivity contribution in [3.05, 3.63) is 29.3 Å². The van der Waals surface area contributed by atoms with E-state index in [0.29, 0.717) is 5.02 Å². The Bertz CT molecular complexity index is 422. The van der Waals surface area contributed by atoms with Crippen molar-refractivity contribution in [1.82, 2.24) is 5.32 Å². The second-order valence-corrected chi connectivity index (χ2v) is 5.00. The van der Waals surface area contributed by atoms with E-state index in [4.69, 9.17) is 11.6 Å². The molecule has 5 heteroatoms. The lowest BCUT2D eigenvalue weighted by atomic mass is 10.2. The zero-order valence-electron chi connectivity index (χ0n) is 10.3. The molecular formula is C13H17ClN2O2. The number of benzene rings is 1. The summed E-state index contributed by atoms with van der Waals surface area (Å²) in [5, 5.41) is 13.0. The first-order chi connectivity index (χ1) is 8.61. The lowest BCUT2D eigenvalue weighted by Crippen LogP contribution is -2.47. The zero-order valence-corrected chi connectivity index (χ0v) is 11.0. The molecule has 0 aromatic heterocycles. The van der Waals surface area contributed by atoms with Gasteiger partial charge in [-0.05, 0) is 37.6 Å². The van der Waals surface area contributed by atoms with Crippen molar-refractivity contribution in [1.29, 1.82) is 0 Å². The van der Waals surface area contributed by atoms with Gasteiger partial charge in [-0.25, -0.2) is 0 Å². The van der Waals surface area contributed by atoms with Gasteiger partial charge in [-0.3, -0.25) is 4.79 Å². The maximum absolute atomic E-state index is 12.0. The average molecular weight is 269 g/mol. The molecule has 98 valence electrons. The van der Waals surface area contributed by atoms with Crippen LogP contribution in [0.2, 0.25) is 5.02 Å². The third kappa shape index (κ3) is 2.76. The fraction of sp³-hybridized carbons (Fsp3) is 0.462. The molecule has 2 N–H and O–H groups in total. The van der Waals surface area contributed by atoms with E-state index in [1.807, 2.05) is 24.0 Å². The number of halogens is 1. The van der Waals surface area contributed by atoms with Gasteiger partial charge < -0.3 is 15.3 Å². The number of amides is 1. The predicted molar refractivity (Wildman–Crippen MR) is 71.9 cm³/mol. The van der Waals surface area contributed by atoms with Gasteiger partial charge in [0, 0.05) is 23.3 Å². The van der Waals surface area contributed by atoms with Crippen molar-refractivity contribution in [3.8, 4) is 0 Å². The van der Waals surface area contributed by atoms with Crippen LogP contribution in [0, 0.1) is 0 Å². The average Bonchev–Trinajstić information content (AvgIpc) is 2.48. The maximum atomic E-state index is 12.0. The summed E-state index contributed by atoms with van der Waals surface area (Å²) in [5.41, 5.74) is 0.905. The first-order valence-electron chi connectivity index (χ1n) is 6.05. The van der Waals surface area contributed by atoms with Crippen LogP contribution < -0.4 is 10.2 Å². The number of hydrogen-bond acceptors (Lipinski definition) is 3. The topological polar surface area (TPSA) is 52.6 Å². The minimum atomic E-state index is -0.531. The van der Waals surface area contributed by atoms with Crippen LogP contribution in [0.4, 0.5) is 5.69 Å². The molecule has 4 nitrogen and oxygen atoms in total. The Morgan fingerprint density at radius 3 is 2.72 bits per heavy atom. The van der Waals surface area contributed by atoms with E-state index in [-0.39, 0.29) is 18.6 Å². The van der Waals surface area contributed by atoms with Crippen LogP contribution in [-0.2, 0) is 4.79 Å². The van der Waals surface area contributed by atoms with E-state index in [1.54, 1.807) is 12.1 Å². The molecule has 2 rings (SSSR count). The molecule has 1 heterocycles. The second kappa shape index (κ2) is 5.59. The van der Waals surface area contributed by atoms with Gasteiger partial charge in [-0.2, -0.15) is 0 Å². The number of aliphatic hydroxyl groups is 1. The van der Waals surface area contributed by atoms with Gasteiger partial charge in [0.2, 0.25) is 5.91 Å². The minimum Gasteiger partial charge on any atom is -0.394 e. The summed E-state index contributed by atoms with van der Waals surface area (Å²) in [6.07, 6.45) is 0.852. The van der Waals surface area contributed by atoms with Crippen molar-refractivity contribution in [2.24, 2.45) is 0 Å². The molecule has 1 fully saturated rings. The number of nitrogens with zero attached hydrogens (tertiary/aromatic N) is 1. The number of carbonyl (C=O) groups is 1. The van der Waals surface area contributed by atoms with Gasteiger partial charge >= 0.3 is 0 Å². The number of carbonyl (C=O) groups excluding carboxylic acids is 1. The third-order valence-electron chi connectivity index (χ3n) is 3.20. The van der Waals surface area contributed by atoms with Crippen molar-refractivity contribution in [2.75, 3.05) is 18.1 Å². The van der Waals surface area contributed by atoms with E-state index in [2.05, 4.69) is 5.32 Å². The smallest absolute Gasteiger partial charge is 0.245 e. The Morgan fingerprint density at radius 2 is 2.11 bits per heavy atom. The van der Waals surface area contributed by atoms with Gasteiger partial charge in [0.25, 0.3) is 0 Å². The summed E-state index contributed by atoms with van der Waals surface area (Å²) in [6, 6.07) is 6.91. The second-order valence-electron chi connectivity index (χ2n) is 4.57. The van der Waals surface area contributed by atoms with Crippen LogP contribution >= 0.6 is 11.6 Å². The van der Waals surface area contributed by atoms with Crippen molar-refractivity contribution >= 4 is 23.2 Å². The lowest BCUT2D eigenvalue weighted by Gasteiger charge is -2.29. The van der Waals surface area contributed by atoms with Gasteiger partial charge in [-0.15, -0.1) is 0 Å². The van der Waals surface area contributed by atoms with Gasteiger partial charge in [-0.1, -0.05) is 11.6 Å². The molecular weight excluding hydrogens is 252 g/mol. The summed E-state index contributed by atoms with van der Waals surface area (Å²) in [6.45, 7) is 2.51. The maximum Gasteiger partial charge on any atom is 0.245 e. The fourth-order valence-electron chi connectivity index (χ4n) is 2.16. The Hall–Kier alpha value is -1.26. The Labute approximate surface area is 112 Å². The highest BCUT2D eigenvalue weighted by molar-refractivity contribution is 6.30. The van der Waals surface area contributed by atoms with Gasteiger partial charge in [0.15, 0.2) is 0 Å². The number of rotatable bonds is 2. The Kier molecular flexibility index (Phi) is 4.09. The minimum absolute atomic E-state index is 0.127. The van der Waals surface area contributed by atoms with Crippen molar-refractivity contribution in [3.63, 3.8) is 0 Å². The first kappa shape index (κ1) is 13.2. The Balaban J connectivity index is 2.27. The number of anilines is 1. The molecule has 0 bridgehead atoms. The predicted octanol–water partition coefficient (Wildman–Crippen LogP) is 1.42. The third-order valence-corrected chi connectivity index (χ3v) is 3.45. The largest absolute Gasteiger partial charge is 0.394 e. The van der Waals surface area contributed by atoms with Crippen LogP contribution in [0.5, 0.6) is 0 Å². The summed E-state index contributed by atoms with van der Waals surface area (Å²) in [4.78, 5) is 13.9. The van der Waals surface area contributed by atoms with E-state index in [0.717, 1.165) is 18.7 Å². The fourth-order valence-corrected chi connectivity index (χ4v) is 2.29. The van der Waals surface area contributed by atoms with Crippen LogP contribution in [0.1, 0.15) is 13.3 Å². The molecule has 0 saturated carbocycles. The molecule has 0 radical (unpaired) electrons. The number of hydrogen-bond donors (Lipinski definition) is 2. The molecule has 1 aliphatic heterocycles. The summed E-state index contributed by atoms with van der Waals surface area (Å²) < 4.78 is 0. The van der Waals surface area contributed by atoms with Crippen molar-refractivity contribution < 1.29 is 9.90 Å². The highest BCUT2D eigenvalue weighted by atomic mass is 35.5. The quantitative estimate of drug-likeness (QED) is 0.853. The van der Waals surface area contributed by atoms with E-state index >= 15 is 0 Å². The SMILES string of the molecule is CC1CCN(c2ccc(Cl)cc2)C(CO)C(=O)N1. The molecule has 0 aliphatic carbocycles. The first-order valence-corrected chi connectivity index (χ1v) is 6.43. The van der Waals surface area contributed by atoms with E-state index < -0.39 is 6.04 Å². The van der Waals surface area contributed by atoms with Crippen LogP contribution in [0.3, 0.4) is 0 Å². The Morgan fingerprint density at radius 1 is 1.44 bits per heavy atom. The molecule has 1 aromatic carbocycles. The van der Waals surface area contributed by atoms with E-state index in [9.17, 15) is 9.90 Å². The van der Waals surface area contributed by atoms with Gasteiger partial charge in [0.05, 0.1) is 6.61 Å². The van der Waals surface area contributed by atoms with Crippen LogP contribution in [0.25, 0.3) is 0 Å². The standard InChI is InChI=1S/C13H17ClN2O2/c1-9-6-7-16(12(8-17)13(18)15-9)11-4-2-10(14)3-5-11/h2-5,9,12,17H,6-8H2,1H3,(H,15,18). The molecule has 2 unspecified atom stereocenters. The molecule has 0 spiro atoms. The molecule has 1 amide bonds. The van der Waals surface area contributed by atoms with Crippen LogP contribution in [0.15, 0.2) is 24.3 Å². The van der Waals surface area contributed by atoms with Crippen molar-refractivity contribution in [2.45, 2.75) is 25.4 Å². The molecule has 1 aromatic rings. The van der Waals surface area contributed by atoms with Gasteiger partial charge in [0.1, 0.15) is 6.04 Å². The molecule has 1 aliphatic rings. The summed E-state index contributed by atoms with van der Waals surface area (Å²) in [7, 11) is 0.